The van der Waals surface area contributed by atoms with Crippen molar-refractivity contribution in [1.82, 2.24) is 5.32 Å². The van der Waals surface area contributed by atoms with Crippen LogP contribution in [0.1, 0.15) is 29.6 Å². The maximum Gasteiger partial charge on any atom is 0.305 e. The Labute approximate surface area is 112 Å². The molecule has 1 saturated carbocycles. The summed E-state index contributed by atoms with van der Waals surface area (Å²) >= 11 is 0. The summed E-state index contributed by atoms with van der Waals surface area (Å²) in [5.74, 6) is -3.43. The Hall–Kier alpha value is -2.09. The smallest absolute Gasteiger partial charge is 0.305 e. The third kappa shape index (κ3) is 2.46. The van der Waals surface area contributed by atoms with E-state index in [1.165, 1.54) is 0 Å². The second-order valence-corrected chi connectivity index (χ2v) is 4.79. The van der Waals surface area contributed by atoms with Crippen molar-refractivity contribution in [2.24, 2.45) is 0 Å². The first-order valence-corrected chi connectivity index (χ1v) is 5.95. The number of rotatable bonds is 4. The van der Waals surface area contributed by atoms with Crippen LogP contribution in [0.15, 0.2) is 12.1 Å². The molecule has 2 N–H and O–H groups in total. The second kappa shape index (κ2) is 5.12. The topological polar surface area (TPSA) is 92.5 Å². The van der Waals surface area contributed by atoms with Gasteiger partial charge in [0.25, 0.3) is 5.91 Å². The fourth-order valence-corrected chi connectivity index (χ4v) is 2.09. The number of aliphatic hydroxyl groups excluding tert-OH is 1. The number of hydrogen-bond donors (Lipinski definition) is 2. The van der Waals surface area contributed by atoms with Gasteiger partial charge < -0.3 is 10.4 Å². The molecule has 1 aliphatic carbocycles. The first-order chi connectivity index (χ1) is 9.38. The molecule has 1 aromatic carbocycles. The van der Waals surface area contributed by atoms with E-state index >= 15 is 0 Å². The van der Waals surface area contributed by atoms with Crippen molar-refractivity contribution in [2.75, 3.05) is 6.61 Å². The van der Waals surface area contributed by atoms with Crippen molar-refractivity contribution in [3.63, 3.8) is 0 Å². The van der Waals surface area contributed by atoms with E-state index in [9.17, 15) is 28.8 Å². The van der Waals surface area contributed by atoms with E-state index in [4.69, 9.17) is 0 Å². The van der Waals surface area contributed by atoms with Crippen LogP contribution in [0.5, 0.6) is 0 Å². The standard InChI is InChI=1S/C12H12F2N2O4/c13-8-5-9(14)10(16(19)20)4-7(8)11(18)15-12(6-17)2-1-3-12/h4-5,17H,1-3,6H2,(H,15,18). The van der Waals surface area contributed by atoms with Gasteiger partial charge in [0, 0.05) is 12.1 Å². The third-order valence-electron chi connectivity index (χ3n) is 3.47. The average Bonchev–Trinajstić information content (AvgIpc) is 2.33. The van der Waals surface area contributed by atoms with Gasteiger partial charge in [0.2, 0.25) is 5.82 Å². The molecule has 20 heavy (non-hydrogen) atoms. The number of carbonyl (C=O) groups is 1. The maximum absolute atomic E-state index is 13.6. The van der Waals surface area contributed by atoms with Gasteiger partial charge in [-0.2, -0.15) is 4.39 Å². The van der Waals surface area contributed by atoms with Gasteiger partial charge in [-0.05, 0) is 19.3 Å². The monoisotopic (exact) mass is 286 g/mol. The molecule has 0 bridgehead atoms. The van der Waals surface area contributed by atoms with Crippen molar-refractivity contribution in [3.8, 4) is 0 Å². The number of benzene rings is 1. The van der Waals surface area contributed by atoms with Crippen molar-refractivity contribution in [1.29, 1.82) is 0 Å². The number of nitrogens with zero attached hydrogens (tertiary/aromatic N) is 1. The Morgan fingerprint density at radius 2 is 2.05 bits per heavy atom. The summed E-state index contributed by atoms with van der Waals surface area (Å²) < 4.78 is 26.7. The van der Waals surface area contributed by atoms with Gasteiger partial charge in [-0.25, -0.2) is 4.39 Å². The zero-order chi connectivity index (χ0) is 14.9. The average molecular weight is 286 g/mol. The maximum atomic E-state index is 13.6. The lowest BCUT2D eigenvalue weighted by Crippen LogP contribution is -2.56. The van der Waals surface area contributed by atoms with E-state index in [0.717, 1.165) is 6.42 Å². The molecule has 2 rings (SSSR count). The number of carbonyl (C=O) groups excluding carboxylic acids is 1. The van der Waals surface area contributed by atoms with Crippen molar-refractivity contribution >= 4 is 11.6 Å². The minimum Gasteiger partial charge on any atom is -0.394 e. The molecule has 0 aromatic heterocycles. The fraction of sp³-hybridized carbons (Fsp3) is 0.417. The van der Waals surface area contributed by atoms with Crippen LogP contribution in [0.4, 0.5) is 14.5 Å². The Balaban J connectivity index is 2.30. The Morgan fingerprint density at radius 3 is 2.50 bits per heavy atom. The number of nitro benzene ring substituents is 1. The highest BCUT2D eigenvalue weighted by Crippen LogP contribution is 2.32. The van der Waals surface area contributed by atoms with Gasteiger partial charge >= 0.3 is 5.69 Å². The number of halogens is 2. The summed E-state index contributed by atoms with van der Waals surface area (Å²) in [4.78, 5) is 21.5. The molecule has 0 unspecified atom stereocenters. The summed E-state index contributed by atoms with van der Waals surface area (Å²) in [6, 6.07) is 0.864. The van der Waals surface area contributed by atoms with Crippen LogP contribution >= 0.6 is 0 Å². The summed E-state index contributed by atoms with van der Waals surface area (Å²) in [7, 11) is 0. The lowest BCUT2D eigenvalue weighted by atomic mass is 9.77. The highest BCUT2D eigenvalue weighted by molar-refractivity contribution is 5.95. The molecule has 1 aromatic rings. The molecular formula is C12H12F2N2O4. The second-order valence-electron chi connectivity index (χ2n) is 4.79. The Morgan fingerprint density at radius 1 is 1.40 bits per heavy atom. The predicted octanol–water partition coefficient (Wildman–Crippen LogP) is 1.52. The van der Waals surface area contributed by atoms with Gasteiger partial charge in [0.1, 0.15) is 5.82 Å². The molecule has 0 atom stereocenters. The zero-order valence-corrected chi connectivity index (χ0v) is 10.4. The normalized spacial score (nSPS) is 16.4. The number of hydrogen-bond acceptors (Lipinski definition) is 4. The van der Waals surface area contributed by atoms with Crippen molar-refractivity contribution < 1.29 is 23.6 Å². The van der Waals surface area contributed by atoms with Crippen LogP contribution in [0.25, 0.3) is 0 Å². The molecule has 0 radical (unpaired) electrons. The molecule has 1 fully saturated rings. The highest BCUT2D eigenvalue weighted by Gasteiger charge is 2.38. The zero-order valence-electron chi connectivity index (χ0n) is 10.4. The molecule has 108 valence electrons. The molecule has 6 nitrogen and oxygen atoms in total. The number of amides is 1. The van der Waals surface area contributed by atoms with Crippen LogP contribution in [0, 0.1) is 21.7 Å². The van der Waals surface area contributed by atoms with Crippen LogP contribution in [-0.2, 0) is 0 Å². The van der Waals surface area contributed by atoms with Crippen LogP contribution in [0.3, 0.4) is 0 Å². The number of nitrogens with one attached hydrogen (secondary N) is 1. The van der Waals surface area contributed by atoms with Crippen LogP contribution in [0.2, 0.25) is 0 Å². The quantitative estimate of drug-likeness (QED) is 0.648. The first kappa shape index (κ1) is 14.3. The number of nitro groups is 1. The highest BCUT2D eigenvalue weighted by atomic mass is 19.1. The van der Waals surface area contributed by atoms with Gasteiger partial charge in [-0.15, -0.1) is 0 Å². The number of aliphatic hydroxyl groups is 1. The molecular weight excluding hydrogens is 274 g/mol. The first-order valence-electron chi connectivity index (χ1n) is 5.95. The molecule has 0 heterocycles. The van der Waals surface area contributed by atoms with Crippen molar-refractivity contribution in [2.45, 2.75) is 24.8 Å². The minimum atomic E-state index is -1.34. The predicted molar refractivity (Wildman–Crippen MR) is 64.1 cm³/mol. The summed E-state index contributed by atoms with van der Waals surface area (Å²) in [6.45, 7) is -0.302. The van der Waals surface area contributed by atoms with Crippen molar-refractivity contribution in [3.05, 3.63) is 39.4 Å². The summed E-state index contributed by atoms with van der Waals surface area (Å²) in [5.41, 5.74) is -2.40. The lowest BCUT2D eigenvalue weighted by Gasteiger charge is -2.40. The third-order valence-corrected chi connectivity index (χ3v) is 3.47. The molecule has 1 amide bonds. The van der Waals surface area contributed by atoms with Crippen LogP contribution in [-0.4, -0.2) is 28.1 Å². The molecule has 0 aliphatic heterocycles. The van der Waals surface area contributed by atoms with Crippen LogP contribution < -0.4 is 5.32 Å². The Bertz CT molecular complexity index is 567. The van der Waals surface area contributed by atoms with Gasteiger partial charge in [0.15, 0.2) is 0 Å². The van der Waals surface area contributed by atoms with Gasteiger partial charge in [0.05, 0.1) is 22.6 Å². The molecule has 1 aliphatic rings. The fourth-order valence-electron chi connectivity index (χ4n) is 2.09. The summed E-state index contributed by atoms with van der Waals surface area (Å²) in [6.07, 6.45) is 1.90. The van der Waals surface area contributed by atoms with E-state index < -0.39 is 39.3 Å². The SMILES string of the molecule is O=C(NC1(CO)CCC1)c1cc([N+](=O)[O-])c(F)cc1F. The van der Waals surface area contributed by atoms with E-state index in [-0.39, 0.29) is 6.61 Å². The van der Waals surface area contributed by atoms with E-state index in [1.807, 2.05) is 0 Å². The van der Waals surface area contributed by atoms with E-state index in [0.29, 0.717) is 25.0 Å². The van der Waals surface area contributed by atoms with E-state index in [1.54, 1.807) is 0 Å². The molecule has 0 saturated heterocycles. The molecule has 0 spiro atoms. The summed E-state index contributed by atoms with van der Waals surface area (Å²) in [5, 5.41) is 22.2. The van der Waals surface area contributed by atoms with Gasteiger partial charge in [-0.3, -0.25) is 14.9 Å². The van der Waals surface area contributed by atoms with E-state index in [2.05, 4.69) is 5.32 Å². The van der Waals surface area contributed by atoms with Gasteiger partial charge in [-0.1, -0.05) is 0 Å². The Kier molecular flexibility index (Phi) is 3.67. The lowest BCUT2D eigenvalue weighted by molar-refractivity contribution is -0.387. The minimum absolute atomic E-state index is 0.302. The molecule has 8 heteroatoms. The largest absolute Gasteiger partial charge is 0.394 e.